The Labute approximate surface area is 133 Å². The number of benzene rings is 1. The third kappa shape index (κ3) is 4.23. The molecule has 1 amide bonds. The quantitative estimate of drug-likeness (QED) is 0.441. The van der Waals surface area contributed by atoms with Crippen molar-refractivity contribution < 1.29 is 19.8 Å². The Morgan fingerprint density at radius 2 is 1.96 bits per heavy atom. The minimum Gasteiger partial charge on any atom is -0.506 e. The average molecular weight is 315 g/mol. The number of para-hydroxylation sites is 2. The molecular formula is C16H17N3O4. The van der Waals surface area contributed by atoms with Crippen molar-refractivity contribution in [1.29, 1.82) is 5.26 Å². The summed E-state index contributed by atoms with van der Waals surface area (Å²) in [6, 6.07) is 8.07. The lowest BCUT2D eigenvalue weighted by Crippen LogP contribution is -2.33. The van der Waals surface area contributed by atoms with Crippen LogP contribution in [0.15, 0.2) is 36.0 Å². The number of rotatable bonds is 4. The first kappa shape index (κ1) is 16.4. The van der Waals surface area contributed by atoms with Crippen LogP contribution in [0, 0.1) is 17.2 Å². The fraction of sp³-hybridized carbons (Fsp3) is 0.312. The Bertz CT molecular complexity index is 670. The molecule has 7 nitrogen and oxygen atoms in total. The molecule has 7 heteroatoms. The molecule has 120 valence electrons. The van der Waals surface area contributed by atoms with Crippen LogP contribution in [-0.2, 0) is 9.59 Å². The summed E-state index contributed by atoms with van der Waals surface area (Å²) in [5, 5.41) is 30.2. The van der Waals surface area contributed by atoms with Gasteiger partial charge < -0.3 is 20.4 Å². The molecule has 3 N–H and O–H groups in total. The summed E-state index contributed by atoms with van der Waals surface area (Å²) in [7, 11) is 0. The second-order valence-electron chi connectivity index (χ2n) is 5.27. The van der Waals surface area contributed by atoms with E-state index in [0.717, 1.165) is 0 Å². The Morgan fingerprint density at radius 1 is 1.30 bits per heavy atom. The van der Waals surface area contributed by atoms with Crippen LogP contribution < -0.4 is 5.32 Å². The third-order valence-corrected chi connectivity index (χ3v) is 3.71. The first-order chi connectivity index (χ1) is 11.0. The van der Waals surface area contributed by atoms with Crippen molar-refractivity contribution in [2.24, 2.45) is 5.92 Å². The molecule has 0 spiro atoms. The number of piperidine rings is 1. The number of anilines is 1. The number of nitriles is 1. The molecule has 1 aliphatic heterocycles. The van der Waals surface area contributed by atoms with Gasteiger partial charge in [0.15, 0.2) is 0 Å². The molecule has 1 aromatic rings. The number of carbonyl (C=O) groups excluding carboxylic acids is 1. The largest absolute Gasteiger partial charge is 0.506 e. The number of aromatic hydroxyl groups is 1. The van der Waals surface area contributed by atoms with Crippen LogP contribution in [0.3, 0.4) is 0 Å². The number of aliphatic carboxylic acids is 1. The maximum absolute atomic E-state index is 12.1. The van der Waals surface area contributed by atoms with Crippen LogP contribution in [0.1, 0.15) is 12.8 Å². The minimum absolute atomic E-state index is 0.0830. The summed E-state index contributed by atoms with van der Waals surface area (Å²) in [6.07, 6.45) is 2.39. The zero-order valence-electron chi connectivity index (χ0n) is 12.4. The molecule has 0 saturated carbocycles. The number of carboxylic acid groups (broad SMARTS) is 1. The van der Waals surface area contributed by atoms with E-state index in [9.17, 15) is 14.7 Å². The SMILES string of the molecule is N#C/C(=C/N1CCC(C(=O)O)CC1)C(=O)Nc1ccccc1O. The maximum Gasteiger partial charge on any atom is 0.306 e. The Hall–Kier alpha value is -3.01. The topological polar surface area (TPSA) is 114 Å². The lowest BCUT2D eigenvalue weighted by atomic mass is 9.97. The summed E-state index contributed by atoms with van der Waals surface area (Å²) in [4.78, 5) is 24.8. The molecule has 2 rings (SSSR count). The average Bonchev–Trinajstić information content (AvgIpc) is 2.55. The number of nitrogens with one attached hydrogen (secondary N) is 1. The smallest absolute Gasteiger partial charge is 0.306 e. The van der Waals surface area contributed by atoms with Crippen molar-refractivity contribution in [3.63, 3.8) is 0 Å². The van der Waals surface area contributed by atoms with Crippen LogP contribution in [-0.4, -0.2) is 40.1 Å². The van der Waals surface area contributed by atoms with Crippen LogP contribution >= 0.6 is 0 Å². The first-order valence-electron chi connectivity index (χ1n) is 7.19. The second kappa shape index (κ2) is 7.31. The van der Waals surface area contributed by atoms with Gasteiger partial charge in [0.2, 0.25) is 0 Å². The highest BCUT2D eigenvalue weighted by atomic mass is 16.4. The predicted octanol–water partition coefficient (Wildman–Crippen LogP) is 1.53. The molecule has 1 aromatic carbocycles. The fourth-order valence-corrected chi connectivity index (χ4v) is 2.37. The van der Waals surface area contributed by atoms with E-state index in [4.69, 9.17) is 10.4 Å². The highest BCUT2D eigenvalue weighted by Crippen LogP contribution is 2.22. The molecule has 23 heavy (non-hydrogen) atoms. The lowest BCUT2D eigenvalue weighted by molar-refractivity contribution is -0.143. The standard InChI is InChI=1S/C16H17N3O4/c17-9-12(10-19-7-5-11(6-8-19)16(22)23)15(21)18-13-3-1-2-4-14(13)20/h1-4,10-11,20H,5-8H2,(H,18,21)(H,22,23)/b12-10-. The minimum atomic E-state index is -0.813. The molecular weight excluding hydrogens is 298 g/mol. The summed E-state index contributed by atoms with van der Waals surface area (Å²) in [5.41, 5.74) is 0.130. The van der Waals surface area contributed by atoms with Crippen LogP contribution in [0.4, 0.5) is 5.69 Å². The summed E-state index contributed by atoms with van der Waals surface area (Å²) in [6.45, 7) is 0.956. The van der Waals surface area contributed by atoms with E-state index in [0.29, 0.717) is 25.9 Å². The third-order valence-electron chi connectivity index (χ3n) is 3.71. The number of hydrogen-bond acceptors (Lipinski definition) is 5. The van der Waals surface area contributed by atoms with Crippen molar-refractivity contribution in [2.45, 2.75) is 12.8 Å². The van der Waals surface area contributed by atoms with Gasteiger partial charge in [0, 0.05) is 19.3 Å². The number of phenolic OH excluding ortho intramolecular Hbond substituents is 1. The van der Waals surface area contributed by atoms with E-state index in [1.165, 1.54) is 18.3 Å². The lowest BCUT2D eigenvalue weighted by Gasteiger charge is -2.29. The van der Waals surface area contributed by atoms with Crippen LogP contribution in [0.2, 0.25) is 0 Å². The highest BCUT2D eigenvalue weighted by molar-refractivity contribution is 6.07. The van der Waals surface area contributed by atoms with Crippen LogP contribution in [0.5, 0.6) is 5.75 Å². The Balaban J connectivity index is 2.02. The maximum atomic E-state index is 12.1. The van der Waals surface area contributed by atoms with Crippen LogP contribution in [0.25, 0.3) is 0 Å². The summed E-state index contributed by atoms with van der Waals surface area (Å²) >= 11 is 0. The van der Waals surface area contributed by atoms with Gasteiger partial charge >= 0.3 is 5.97 Å². The van der Waals surface area contributed by atoms with Gasteiger partial charge in [0.25, 0.3) is 5.91 Å². The van der Waals surface area contributed by atoms with E-state index in [2.05, 4.69) is 5.32 Å². The molecule has 0 atom stereocenters. The van der Waals surface area contributed by atoms with Gasteiger partial charge in [-0.1, -0.05) is 12.1 Å². The molecule has 0 radical (unpaired) electrons. The van der Waals surface area contributed by atoms with Gasteiger partial charge in [-0.05, 0) is 25.0 Å². The molecule has 0 aromatic heterocycles. The molecule has 0 bridgehead atoms. The van der Waals surface area contributed by atoms with E-state index in [-0.39, 0.29) is 22.9 Å². The Kier molecular flexibility index (Phi) is 5.20. The van der Waals surface area contributed by atoms with Crippen molar-refractivity contribution in [3.8, 4) is 11.8 Å². The van der Waals surface area contributed by atoms with Gasteiger partial charge in [0.1, 0.15) is 17.4 Å². The molecule has 1 heterocycles. The number of likely N-dealkylation sites (tertiary alicyclic amines) is 1. The second-order valence-corrected chi connectivity index (χ2v) is 5.27. The van der Waals surface area contributed by atoms with E-state index < -0.39 is 11.9 Å². The van der Waals surface area contributed by atoms with Gasteiger partial charge in [0.05, 0.1) is 11.6 Å². The number of amides is 1. The van der Waals surface area contributed by atoms with Gasteiger partial charge in [-0.2, -0.15) is 5.26 Å². The number of carboxylic acids is 1. The van der Waals surface area contributed by atoms with Crippen molar-refractivity contribution in [1.82, 2.24) is 4.90 Å². The summed E-state index contributed by atoms with van der Waals surface area (Å²) < 4.78 is 0. The normalized spacial score (nSPS) is 15.8. The van der Waals surface area contributed by atoms with E-state index in [1.54, 1.807) is 17.0 Å². The first-order valence-corrected chi connectivity index (χ1v) is 7.19. The van der Waals surface area contributed by atoms with E-state index in [1.807, 2.05) is 6.07 Å². The molecule has 0 unspecified atom stereocenters. The number of phenols is 1. The molecule has 1 saturated heterocycles. The van der Waals surface area contributed by atoms with Gasteiger partial charge in [-0.15, -0.1) is 0 Å². The molecule has 1 fully saturated rings. The van der Waals surface area contributed by atoms with Crippen molar-refractivity contribution in [3.05, 3.63) is 36.0 Å². The van der Waals surface area contributed by atoms with Crippen molar-refractivity contribution >= 4 is 17.6 Å². The zero-order valence-corrected chi connectivity index (χ0v) is 12.4. The number of hydrogen-bond donors (Lipinski definition) is 3. The summed E-state index contributed by atoms with van der Waals surface area (Å²) in [5.74, 6) is -1.89. The number of carbonyl (C=O) groups is 2. The fourth-order valence-electron chi connectivity index (χ4n) is 2.37. The van der Waals surface area contributed by atoms with E-state index >= 15 is 0 Å². The predicted molar refractivity (Wildman–Crippen MR) is 82.4 cm³/mol. The Morgan fingerprint density at radius 3 is 2.52 bits per heavy atom. The highest BCUT2D eigenvalue weighted by Gasteiger charge is 2.24. The molecule has 0 aliphatic carbocycles. The van der Waals surface area contributed by atoms with Gasteiger partial charge in [-0.25, -0.2) is 0 Å². The monoisotopic (exact) mass is 315 g/mol. The zero-order chi connectivity index (χ0) is 16.8. The van der Waals surface area contributed by atoms with Crippen molar-refractivity contribution in [2.75, 3.05) is 18.4 Å². The number of nitrogens with zero attached hydrogens (tertiary/aromatic N) is 2. The molecule has 1 aliphatic rings. The van der Waals surface area contributed by atoms with Gasteiger partial charge in [-0.3, -0.25) is 9.59 Å².